The van der Waals surface area contributed by atoms with Gasteiger partial charge in [-0.3, -0.25) is 9.59 Å². The molecule has 0 spiro atoms. The lowest BCUT2D eigenvalue weighted by Crippen LogP contribution is -2.51. The molecule has 0 saturated heterocycles. The van der Waals surface area contributed by atoms with Crippen LogP contribution in [0.15, 0.2) is 127 Å². The second-order valence-electron chi connectivity index (χ2n) is 9.74. The number of anilines is 2. The molecule has 0 fully saturated rings. The zero-order valence-corrected chi connectivity index (χ0v) is 24.0. The predicted molar refractivity (Wildman–Crippen MR) is 161 cm³/mol. The molecule has 47 heavy (non-hydrogen) atoms. The van der Waals surface area contributed by atoms with Crippen molar-refractivity contribution >= 4 is 23.2 Å². The predicted octanol–water partition coefficient (Wildman–Crippen LogP) is 9.38. The minimum Gasteiger partial charge on any atom is -0.457 e. The van der Waals surface area contributed by atoms with Gasteiger partial charge in [-0.15, -0.1) is 4.94 Å². The number of benzene rings is 5. The van der Waals surface area contributed by atoms with E-state index < -0.39 is 17.9 Å². The smallest absolute Gasteiger partial charge is 0.457 e. The molecule has 2 amide bonds. The molecule has 240 valence electrons. The maximum Gasteiger partial charge on any atom is 0.461 e. The zero-order valence-electron chi connectivity index (χ0n) is 24.0. The van der Waals surface area contributed by atoms with Gasteiger partial charge in [-0.1, -0.05) is 18.2 Å². The summed E-state index contributed by atoms with van der Waals surface area (Å²) in [6.07, 6.45) is -5.93. The van der Waals surface area contributed by atoms with Gasteiger partial charge in [0.1, 0.15) is 34.5 Å². The van der Waals surface area contributed by atoms with Gasteiger partial charge in [0.15, 0.2) is 0 Å². The van der Waals surface area contributed by atoms with Crippen LogP contribution < -0.4 is 24.8 Å². The van der Waals surface area contributed by atoms with Crippen molar-refractivity contribution in [3.05, 3.63) is 133 Å². The van der Waals surface area contributed by atoms with Gasteiger partial charge < -0.3 is 24.8 Å². The molecular formula is C34H23F5N2O6. The average molecular weight is 651 g/mol. The molecule has 1 unspecified atom stereocenters. The van der Waals surface area contributed by atoms with Gasteiger partial charge in [-0.05, 0) is 114 Å². The number of amides is 2. The molecule has 5 rings (SSSR count). The van der Waals surface area contributed by atoms with Crippen LogP contribution in [0.2, 0.25) is 0 Å². The molecule has 0 radical (unpaired) electrons. The van der Waals surface area contributed by atoms with Gasteiger partial charge in [0.2, 0.25) is 0 Å². The third kappa shape index (κ3) is 8.21. The minimum absolute atomic E-state index is 0.231. The van der Waals surface area contributed by atoms with E-state index in [2.05, 4.69) is 10.3 Å². The van der Waals surface area contributed by atoms with Gasteiger partial charge >= 0.3 is 17.9 Å². The summed E-state index contributed by atoms with van der Waals surface area (Å²) in [4.78, 5) is 26.5. The first-order chi connectivity index (χ1) is 22.5. The van der Waals surface area contributed by atoms with Gasteiger partial charge in [0.25, 0.3) is 5.91 Å². The first-order valence-electron chi connectivity index (χ1n) is 13.7. The van der Waals surface area contributed by atoms with Crippen molar-refractivity contribution in [1.29, 1.82) is 0 Å². The molecule has 0 aliphatic heterocycles. The summed E-state index contributed by atoms with van der Waals surface area (Å²) in [5.74, 6) is -4.97. The number of alkyl halides is 4. The highest BCUT2D eigenvalue weighted by molar-refractivity contribution is 6.04. The fourth-order valence-electron chi connectivity index (χ4n) is 3.98. The first-order valence-corrected chi connectivity index (χ1v) is 13.7. The minimum atomic E-state index is -5.93. The topological polar surface area (TPSA) is 95.1 Å². The second kappa shape index (κ2) is 14.0. The molecule has 0 saturated carbocycles. The van der Waals surface area contributed by atoms with Crippen molar-refractivity contribution in [2.24, 2.45) is 0 Å². The fourth-order valence-corrected chi connectivity index (χ4v) is 3.98. The van der Waals surface area contributed by atoms with Crippen molar-refractivity contribution in [3.8, 4) is 34.5 Å². The Morgan fingerprint density at radius 1 is 0.489 bits per heavy atom. The number of carbonyl (C=O) groups excluding carboxylic acids is 2. The number of para-hydroxylation sites is 1. The summed E-state index contributed by atoms with van der Waals surface area (Å²) in [6.45, 7) is 0. The highest BCUT2D eigenvalue weighted by Gasteiger charge is 2.65. The van der Waals surface area contributed by atoms with Crippen molar-refractivity contribution in [2.75, 3.05) is 10.6 Å². The normalized spacial score (nSPS) is 12.4. The van der Waals surface area contributed by atoms with E-state index >= 15 is 0 Å². The average Bonchev–Trinajstić information content (AvgIpc) is 3.07. The standard InChI is InChI=1S/C34H23F5N2O6/c35-33(47-39,34(36,37)38)32(43)41-24-10-16-28(17-11-24)46-30-20-18-29(19-21-30)45-27-14-8-23(9-15-27)40-31(42)22-6-12-26(13-7-22)44-25-4-2-1-3-5-25/h1-21H,(H,40,42)(H,41,43). The molecule has 13 heteroatoms. The monoisotopic (exact) mass is 650 g/mol. The van der Waals surface area contributed by atoms with Gasteiger partial charge in [-0.25, -0.2) is 0 Å². The number of halogens is 5. The van der Waals surface area contributed by atoms with Gasteiger partial charge in [0, 0.05) is 16.9 Å². The lowest BCUT2D eigenvalue weighted by atomic mass is 10.2. The lowest BCUT2D eigenvalue weighted by molar-refractivity contribution is -0.379. The molecule has 0 aliphatic carbocycles. The van der Waals surface area contributed by atoms with Crippen LogP contribution in [0.3, 0.4) is 0 Å². The molecule has 8 nitrogen and oxygen atoms in total. The molecule has 5 aromatic carbocycles. The maximum absolute atomic E-state index is 13.6. The van der Waals surface area contributed by atoms with Crippen molar-refractivity contribution in [1.82, 2.24) is 0 Å². The van der Waals surface area contributed by atoms with Crippen LogP contribution in [0.5, 0.6) is 34.5 Å². The molecule has 0 bridgehead atoms. The highest BCUT2D eigenvalue weighted by Crippen LogP contribution is 2.37. The quantitative estimate of drug-likeness (QED) is 0.138. The van der Waals surface area contributed by atoms with Crippen molar-refractivity contribution < 1.29 is 50.8 Å². The number of hydrogen-bond acceptors (Lipinski definition) is 6. The summed E-state index contributed by atoms with van der Waals surface area (Å²) in [6, 6.07) is 34.0. The Hall–Kier alpha value is -5.95. The van der Waals surface area contributed by atoms with E-state index in [4.69, 9.17) is 14.2 Å². The number of hydrogen-bond donors (Lipinski definition) is 2. The van der Waals surface area contributed by atoms with Gasteiger partial charge in [0.05, 0.1) is 0 Å². The summed E-state index contributed by atoms with van der Waals surface area (Å²) in [7, 11) is 0. The Bertz CT molecular complexity index is 1800. The van der Waals surface area contributed by atoms with E-state index in [9.17, 15) is 31.7 Å². The number of carbonyl (C=O) groups is 2. The number of rotatable bonds is 11. The van der Waals surface area contributed by atoms with Crippen LogP contribution in [0.25, 0.3) is 0 Å². The molecule has 0 heterocycles. The fraction of sp³-hybridized carbons (Fsp3) is 0.0588. The molecule has 0 aromatic heterocycles. The van der Waals surface area contributed by atoms with Crippen LogP contribution >= 0.6 is 0 Å². The highest BCUT2D eigenvalue weighted by atomic mass is 19.4. The summed E-state index contributed by atoms with van der Waals surface area (Å²) < 4.78 is 81.0. The summed E-state index contributed by atoms with van der Waals surface area (Å²) >= 11 is 0. The molecule has 5 aromatic rings. The lowest BCUT2D eigenvalue weighted by Gasteiger charge is -2.21. The van der Waals surface area contributed by atoms with E-state index in [1.807, 2.05) is 30.3 Å². The van der Waals surface area contributed by atoms with Crippen LogP contribution in [0.1, 0.15) is 10.4 Å². The Balaban J connectivity index is 1.10. The number of ether oxygens (including phenoxy) is 3. The third-order valence-corrected chi connectivity index (χ3v) is 6.38. The Labute approximate surface area is 264 Å². The largest absolute Gasteiger partial charge is 0.461 e. The van der Waals surface area contributed by atoms with E-state index in [1.165, 1.54) is 12.1 Å². The maximum atomic E-state index is 13.6. The van der Waals surface area contributed by atoms with E-state index in [1.54, 1.807) is 78.1 Å². The van der Waals surface area contributed by atoms with Gasteiger partial charge in [-0.2, -0.15) is 17.6 Å². The Morgan fingerprint density at radius 2 is 0.851 bits per heavy atom. The Morgan fingerprint density at radius 3 is 1.26 bits per heavy atom. The number of nitrogens with one attached hydrogen (secondary N) is 2. The van der Waals surface area contributed by atoms with Crippen LogP contribution in [-0.2, 0) is 9.74 Å². The van der Waals surface area contributed by atoms with Crippen molar-refractivity contribution in [2.45, 2.75) is 12.0 Å². The summed E-state index contributed by atoms with van der Waals surface area (Å²) in [5, 5.41) is 4.42. The van der Waals surface area contributed by atoms with E-state index in [0.29, 0.717) is 40.0 Å². The van der Waals surface area contributed by atoms with E-state index in [0.717, 1.165) is 12.1 Å². The third-order valence-electron chi connectivity index (χ3n) is 6.38. The van der Waals surface area contributed by atoms with Crippen LogP contribution in [0, 0.1) is 0 Å². The van der Waals surface area contributed by atoms with Crippen LogP contribution in [-0.4, -0.2) is 23.8 Å². The molecular weight excluding hydrogens is 627 g/mol. The van der Waals surface area contributed by atoms with Crippen LogP contribution in [0.4, 0.5) is 33.5 Å². The summed E-state index contributed by atoms with van der Waals surface area (Å²) in [5.41, 5.74) is 0.748. The molecule has 0 aliphatic rings. The van der Waals surface area contributed by atoms with Crippen molar-refractivity contribution in [3.63, 3.8) is 0 Å². The second-order valence-corrected chi connectivity index (χ2v) is 9.74. The van der Waals surface area contributed by atoms with E-state index in [-0.39, 0.29) is 17.3 Å². The molecule has 2 N–H and O–H groups in total. The zero-order chi connectivity index (χ0) is 33.4. The molecule has 1 atom stereocenters. The SMILES string of the molecule is O=C(Nc1ccc(Oc2ccc(Oc3ccc(NC(=O)C(F)(OF)C(F)(F)F)cc3)cc2)cc1)c1ccc(Oc2ccccc2)cc1. The Kier molecular flexibility index (Phi) is 9.66. The first kappa shape index (κ1) is 32.4.